The van der Waals surface area contributed by atoms with Crippen LogP contribution in [-0.2, 0) is 23.1 Å². The monoisotopic (exact) mass is 489 g/mol. The summed E-state index contributed by atoms with van der Waals surface area (Å²) < 4.78 is 23.4. The maximum atomic E-state index is 12.9. The van der Waals surface area contributed by atoms with E-state index in [4.69, 9.17) is 28.3 Å². The number of hydrogen-bond donors (Lipinski definition) is 1. The molecule has 0 unspecified atom stereocenters. The fraction of sp³-hybridized carbons (Fsp3) is 0.350. The molecule has 0 bridgehead atoms. The summed E-state index contributed by atoms with van der Waals surface area (Å²) >= 11 is 12.3. The highest BCUT2D eigenvalue weighted by molar-refractivity contribution is 7.89. The molecule has 2 heterocycles. The SMILES string of the molecule is Cl.NS(=O)(=O)c1cc2c(cc1Cl)C(=O)N(C1CCN(Cc3ccccc3Cl)CC1)C2. The number of carbonyl (C=O) groups excluding carboxylic acids is 1. The Morgan fingerprint density at radius 1 is 1.07 bits per heavy atom. The zero-order valence-electron chi connectivity index (χ0n) is 16.1. The summed E-state index contributed by atoms with van der Waals surface area (Å²) in [7, 11) is -3.93. The topological polar surface area (TPSA) is 83.7 Å². The van der Waals surface area contributed by atoms with Crippen LogP contribution in [0.25, 0.3) is 0 Å². The summed E-state index contributed by atoms with van der Waals surface area (Å²) in [6, 6.07) is 10.8. The van der Waals surface area contributed by atoms with Crippen molar-refractivity contribution in [3.63, 3.8) is 0 Å². The van der Waals surface area contributed by atoms with Crippen LogP contribution in [0.3, 0.4) is 0 Å². The first-order valence-corrected chi connectivity index (χ1v) is 11.7. The van der Waals surface area contributed by atoms with Gasteiger partial charge in [-0.2, -0.15) is 0 Å². The summed E-state index contributed by atoms with van der Waals surface area (Å²) in [5.74, 6) is -0.104. The molecule has 2 N–H and O–H groups in total. The molecule has 0 aromatic heterocycles. The Morgan fingerprint density at radius 3 is 2.37 bits per heavy atom. The largest absolute Gasteiger partial charge is 0.331 e. The van der Waals surface area contributed by atoms with Crippen molar-refractivity contribution in [2.45, 2.75) is 36.9 Å². The van der Waals surface area contributed by atoms with Gasteiger partial charge in [-0.1, -0.05) is 41.4 Å². The number of piperidine rings is 1. The number of nitrogens with zero attached hydrogens (tertiary/aromatic N) is 2. The molecule has 0 atom stereocenters. The minimum atomic E-state index is -3.93. The molecule has 0 radical (unpaired) electrons. The van der Waals surface area contributed by atoms with Crippen molar-refractivity contribution in [2.24, 2.45) is 5.14 Å². The molecule has 0 aliphatic carbocycles. The number of nitrogens with two attached hydrogens (primary N) is 1. The van der Waals surface area contributed by atoms with Crippen molar-refractivity contribution in [1.82, 2.24) is 9.80 Å². The van der Waals surface area contributed by atoms with Crippen molar-refractivity contribution in [3.05, 3.63) is 63.1 Å². The Kier molecular flexibility index (Phi) is 7.01. The van der Waals surface area contributed by atoms with E-state index in [0.29, 0.717) is 17.7 Å². The molecular formula is C20H22Cl3N3O3S. The Balaban J connectivity index is 0.00000256. The molecule has 0 saturated carbocycles. The van der Waals surface area contributed by atoms with Crippen LogP contribution in [0, 0.1) is 0 Å². The number of fused-ring (bicyclic) bond motifs is 1. The van der Waals surface area contributed by atoms with Crippen molar-refractivity contribution >= 4 is 51.5 Å². The van der Waals surface area contributed by atoms with Gasteiger partial charge in [-0.15, -0.1) is 12.4 Å². The van der Waals surface area contributed by atoms with E-state index in [9.17, 15) is 13.2 Å². The zero-order chi connectivity index (χ0) is 20.8. The molecule has 2 aliphatic heterocycles. The van der Waals surface area contributed by atoms with E-state index in [-0.39, 0.29) is 34.3 Å². The van der Waals surface area contributed by atoms with Gasteiger partial charge in [0.15, 0.2) is 0 Å². The van der Waals surface area contributed by atoms with Gasteiger partial charge in [-0.3, -0.25) is 9.69 Å². The summed E-state index contributed by atoms with van der Waals surface area (Å²) in [6.45, 7) is 2.88. The molecule has 1 fully saturated rings. The standard InChI is InChI=1S/C20H21Cl2N3O3S.ClH/c21-17-4-2-1-3-13(17)11-24-7-5-15(6-8-24)25-12-14-9-19(29(23,27)28)18(22)10-16(14)20(25)26;/h1-4,9-10,15H,5-8,11-12H2,(H2,23,27,28);1H. The molecule has 2 aromatic rings. The van der Waals surface area contributed by atoms with Gasteiger partial charge in [-0.25, -0.2) is 13.6 Å². The lowest BCUT2D eigenvalue weighted by Gasteiger charge is -2.36. The van der Waals surface area contributed by atoms with Crippen molar-refractivity contribution < 1.29 is 13.2 Å². The molecule has 0 spiro atoms. The van der Waals surface area contributed by atoms with Crippen LogP contribution in [0.4, 0.5) is 0 Å². The molecule has 6 nitrogen and oxygen atoms in total. The van der Waals surface area contributed by atoms with E-state index in [0.717, 1.165) is 43.1 Å². The lowest BCUT2D eigenvalue weighted by molar-refractivity contribution is 0.0590. The quantitative estimate of drug-likeness (QED) is 0.708. The van der Waals surface area contributed by atoms with Crippen LogP contribution in [-0.4, -0.2) is 43.3 Å². The highest BCUT2D eigenvalue weighted by atomic mass is 35.5. The van der Waals surface area contributed by atoms with E-state index in [2.05, 4.69) is 4.90 Å². The number of primary sulfonamides is 1. The highest BCUT2D eigenvalue weighted by Crippen LogP contribution is 2.33. The van der Waals surface area contributed by atoms with Gasteiger partial charge in [0, 0.05) is 42.8 Å². The normalized spacial score (nSPS) is 17.7. The lowest BCUT2D eigenvalue weighted by Crippen LogP contribution is -2.44. The van der Waals surface area contributed by atoms with Crippen LogP contribution in [0.1, 0.15) is 34.3 Å². The van der Waals surface area contributed by atoms with Gasteiger partial charge in [0.1, 0.15) is 4.90 Å². The Hall–Kier alpha value is -1.35. The van der Waals surface area contributed by atoms with Crippen molar-refractivity contribution in [3.8, 4) is 0 Å². The van der Waals surface area contributed by atoms with E-state index < -0.39 is 10.0 Å². The van der Waals surface area contributed by atoms with Crippen molar-refractivity contribution in [2.75, 3.05) is 13.1 Å². The minimum Gasteiger partial charge on any atom is -0.331 e. The number of carbonyl (C=O) groups is 1. The maximum absolute atomic E-state index is 12.9. The van der Waals surface area contributed by atoms with E-state index in [1.807, 2.05) is 29.2 Å². The Labute approximate surface area is 192 Å². The molecule has 2 aromatic carbocycles. The first-order valence-electron chi connectivity index (χ1n) is 9.36. The third-order valence-electron chi connectivity index (χ3n) is 5.65. The predicted octanol–water partition coefficient (Wildman–Crippen LogP) is 3.68. The Morgan fingerprint density at radius 2 is 1.73 bits per heavy atom. The lowest BCUT2D eigenvalue weighted by atomic mass is 10.0. The van der Waals surface area contributed by atoms with Gasteiger partial charge in [0.25, 0.3) is 5.91 Å². The van der Waals surface area contributed by atoms with Crippen LogP contribution < -0.4 is 5.14 Å². The minimum absolute atomic E-state index is 0. The molecular weight excluding hydrogens is 469 g/mol. The van der Waals surface area contributed by atoms with Crippen molar-refractivity contribution in [1.29, 1.82) is 0 Å². The summed E-state index contributed by atoms with van der Waals surface area (Å²) in [6.07, 6.45) is 1.69. The fourth-order valence-electron chi connectivity index (χ4n) is 4.11. The first kappa shape index (κ1) is 23.3. The summed E-state index contributed by atoms with van der Waals surface area (Å²) in [5, 5.41) is 5.98. The van der Waals surface area contributed by atoms with Crippen LogP contribution >= 0.6 is 35.6 Å². The van der Waals surface area contributed by atoms with Crippen LogP contribution in [0.5, 0.6) is 0 Å². The molecule has 2 aliphatic rings. The molecule has 30 heavy (non-hydrogen) atoms. The molecule has 10 heteroatoms. The van der Waals surface area contributed by atoms with E-state index >= 15 is 0 Å². The first-order chi connectivity index (χ1) is 13.7. The van der Waals surface area contributed by atoms with Gasteiger partial charge in [-0.05, 0) is 42.2 Å². The van der Waals surface area contributed by atoms with E-state index in [1.165, 1.54) is 12.1 Å². The summed E-state index contributed by atoms with van der Waals surface area (Å²) in [4.78, 5) is 16.9. The second kappa shape index (κ2) is 9.02. The Bertz CT molecular complexity index is 1070. The number of likely N-dealkylation sites (tertiary alicyclic amines) is 1. The number of sulfonamides is 1. The van der Waals surface area contributed by atoms with Gasteiger partial charge < -0.3 is 4.90 Å². The fourth-order valence-corrected chi connectivity index (χ4v) is 5.42. The number of benzene rings is 2. The second-order valence-electron chi connectivity index (χ2n) is 7.52. The second-order valence-corrected chi connectivity index (χ2v) is 9.86. The molecule has 1 amide bonds. The van der Waals surface area contributed by atoms with Crippen LogP contribution in [0.15, 0.2) is 41.3 Å². The molecule has 1 saturated heterocycles. The average molecular weight is 491 g/mol. The number of rotatable bonds is 4. The van der Waals surface area contributed by atoms with Gasteiger partial charge in [0.05, 0.1) is 5.02 Å². The van der Waals surface area contributed by atoms with E-state index in [1.54, 1.807) is 0 Å². The number of hydrogen-bond acceptors (Lipinski definition) is 4. The zero-order valence-corrected chi connectivity index (χ0v) is 19.2. The maximum Gasteiger partial charge on any atom is 0.254 e. The number of halogens is 3. The van der Waals surface area contributed by atoms with Gasteiger partial charge in [0.2, 0.25) is 10.0 Å². The van der Waals surface area contributed by atoms with Gasteiger partial charge >= 0.3 is 0 Å². The summed E-state index contributed by atoms with van der Waals surface area (Å²) in [5.41, 5.74) is 2.21. The molecule has 162 valence electrons. The third kappa shape index (κ3) is 4.61. The third-order valence-corrected chi connectivity index (χ3v) is 7.39. The smallest absolute Gasteiger partial charge is 0.254 e. The molecule has 4 rings (SSSR count). The average Bonchev–Trinajstić information content (AvgIpc) is 2.99. The van der Waals surface area contributed by atoms with Crippen LogP contribution in [0.2, 0.25) is 10.0 Å². The number of amides is 1. The highest BCUT2D eigenvalue weighted by Gasteiger charge is 2.35. The predicted molar refractivity (Wildman–Crippen MR) is 120 cm³/mol.